The second kappa shape index (κ2) is 6.81. The number of amides is 1. The van der Waals surface area contributed by atoms with Gasteiger partial charge in [-0.15, -0.1) is 0 Å². The molecule has 0 aliphatic heterocycles. The van der Waals surface area contributed by atoms with Crippen LogP contribution in [-0.2, 0) is 20.7 Å². The molecule has 0 unspecified atom stereocenters. The number of benzene rings is 2. The van der Waals surface area contributed by atoms with Gasteiger partial charge in [0.15, 0.2) is 0 Å². The van der Waals surface area contributed by atoms with Gasteiger partial charge in [0.2, 0.25) is 5.91 Å². The molecule has 0 aliphatic carbocycles. The lowest BCUT2D eigenvalue weighted by Gasteiger charge is -2.09. The summed E-state index contributed by atoms with van der Waals surface area (Å²) in [6.07, 6.45) is 0. The van der Waals surface area contributed by atoms with Crippen molar-refractivity contribution in [3.8, 4) is 5.75 Å². The van der Waals surface area contributed by atoms with E-state index in [0.29, 0.717) is 16.3 Å². The Morgan fingerprint density at radius 2 is 1.77 bits per heavy atom. The monoisotopic (exact) mass is 339 g/mol. The van der Waals surface area contributed by atoms with E-state index in [9.17, 15) is 13.2 Å². The summed E-state index contributed by atoms with van der Waals surface area (Å²) < 4.78 is 29.1. The zero-order valence-corrected chi connectivity index (χ0v) is 13.3. The second-order valence-corrected chi connectivity index (χ2v) is 6.56. The molecule has 0 fully saturated rings. The maximum absolute atomic E-state index is 12.0. The fourth-order valence-corrected chi connectivity index (χ4v) is 3.16. The number of halogens is 1. The molecule has 0 saturated heterocycles. The molecule has 0 heterocycles. The van der Waals surface area contributed by atoms with Crippen LogP contribution in [0, 0.1) is 0 Å². The molecular formula is C15H14ClNO4S. The molecular weight excluding hydrogens is 326 g/mol. The molecule has 0 radical (unpaired) electrons. The second-order valence-electron chi connectivity index (χ2n) is 4.58. The average Bonchev–Trinajstić information content (AvgIpc) is 2.42. The number of carbonyl (C=O) groups is 1. The van der Waals surface area contributed by atoms with Crippen molar-refractivity contribution in [3.63, 3.8) is 0 Å². The molecule has 116 valence electrons. The number of anilines is 1. The van der Waals surface area contributed by atoms with Gasteiger partial charge in [0, 0.05) is 17.6 Å². The highest BCUT2D eigenvalue weighted by molar-refractivity contribution is 7.86. The Morgan fingerprint density at radius 1 is 1.14 bits per heavy atom. The van der Waals surface area contributed by atoms with Crippen molar-refractivity contribution in [2.75, 3.05) is 5.32 Å². The minimum atomic E-state index is -3.82. The SMILES string of the molecule is CC(=O)Nc1ccc(OS(=O)(=O)Cc2ccccc2Cl)cc1. The van der Waals surface area contributed by atoms with E-state index < -0.39 is 10.1 Å². The largest absolute Gasteiger partial charge is 0.382 e. The van der Waals surface area contributed by atoms with Crippen LogP contribution >= 0.6 is 11.6 Å². The minimum Gasteiger partial charge on any atom is -0.382 e. The third-order valence-electron chi connectivity index (χ3n) is 2.69. The van der Waals surface area contributed by atoms with Gasteiger partial charge in [-0.05, 0) is 35.9 Å². The smallest absolute Gasteiger partial charge is 0.313 e. The van der Waals surface area contributed by atoms with Crippen molar-refractivity contribution in [2.24, 2.45) is 0 Å². The summed E-state index contributed by atoms with van der Waals surface area (Å²) >= 11 is 5.94. The number of nitrogens with one attached hydrogen (secondary N) is 1. The zero-order chi connectivity index (χ0) is 16.2. The first-order chi connectivity index (χ1) is 10.4. The molecule has 0 atom stereocenters. The molecule has 0 aliphatic rings. The van der Waals surface area contributed by atoms with Crippen molar-refractivity contribution in [2.45, 2.75) is 12.7 Å². The number of hydrogen-bond acceptors (Lipinski definition) is 4. The molecule has 2 aromatic carbocycles. The summed E-state index contributed by atoms with van der Waals surface area (Å²) in [4.78, 5) is 10.9. The predicted octanol–water partition coefficient (Wildman–Crippen LogP) is 3.21. The third kappa shape index (κ3) is 4.75. The maximum Gasteiger partial charge on any atom is 0.313 e. The molecule has 5 nitrogen and oxygen atoms in total. The van der Waals surface area contributed by atoms with Crippen LogP contribution in [0.1, 0.15) is 12.5 Å². The molecule has 0 bridgehead atoms. The molecule has 1 N–H and O–H groups in total. The third-order valence-corrected chi connectivity index (χ3v) is 4.17. The van der Waals surface area contributed by atoms with Crippen LogP contribution in [0.3, 0.4) is 0 Å². The van der Waals surface area contributed by atoms with Crippen molar-refractivity contribution in [3.05, 3.63) is 59.1 Å². The molecule has 1 amide bonds. The lowest BCUT2D eigenvalue weighted by Crippen LogP contribution is -2.12. The van der Waals surface area contributed by atoms with Crippen LogP contribution in [0.15, 0.2) is 48.5 Å². The molecule has 7 heteroatoms. The topological polar surface area (TPSA) is 72.5 Å². The van der Waals surface area contributed by atoms with E-state index in [1.54, 1.807) is 36.4 Å². The van der Waals surface area contributed by atoms with Crippen molar-refractivity contribution >= 4 is 33.3 Å². The Balaban J connectivity index is 2.09. The van der Waals surface area contributed by atoms with Gasteiger partial charge < -0.3 is 9.50 Å². The molecule has 0 aromatic heterocycles. The summed E-state index contributed by atoms with van der Waals surface area (Å²) in [5.41, 5.74) is 1.03. The quantitative estimate of drug-likeness (QED) is 0.849. The van der Waals surface area contributed by atoms with E-state index >= 15 is 0 Å². The van der Waals surface area contributed by atoms with Gasteiger partial charge in [-0.1, -0.05) is 29.8 Å². The predicted molar refractivity (Wildman–Crippen MR) is 85.4 cm³/mol. The van der Waals surface area contributed by atoms with Gasteiger partial charge in [-0.25, -0.2) is 0 Å². The highest BCUT2D eigenvalue weighted by atomic mass is 35.5. The van der Waals surface area contributed by atoms with E-state index in [1.807, 2.05) is 0 Å². The molecule has 0 spiro atoms. The molecule has 0 saturated carbocycles. The summed E-state index contributed by atoms with van der Waals surface area (Å²) in [5, 5.41) is 2.95. The van der Waals surface area contributed by atoms with Crippen molar-refractivity contribution in [1.29, 1.82) is 0 Å². The highest BCUT2D eigenvalue weighted by Gasteiger charge is 2.16. The maximum atomic E-state index is 12.0. The first-order valence-electron chi connectivity index (χ1n) is 6.39. The van der Waals surface area contributed by atoms with Crippen LogP contribution in [0.25, 0.3) is 0 Å². The number of rotatable bonds is 5. The van der Waals surface area contributed by atoms with Crippen molar-refractivity contribution < 1.29 is 17.4 Å². The van der Waals surface area contributed by atoms with Crippen LogP contribution < -0.4 is 9.50 Å². The Kier molecular flexibility index (Phi) is 5.05. The minimum absolute atomic E-state index is 0.168. The van der Waals surface area contributed by atoms with Gasteiger partial charge in [0.1, 0.15) is 11.5 Å². The van der Waals surface area contributed by atoms with Crippen LogP contribution in [0.4, 0.5) is 5.69 Å². The van der Waals surface area contributed by atoms with E-state index in [4.69, 9.17) is 15.8 Å². The fraction of sp³-hybridized carbons (Fsp3) is 0.133. The van der Waals surface area contributed by atoms with Crippen molar-refractivity contribution in [1.82, 2.24) is 0 Å². The first-order valence-corrected chi connectivity index (χ1v) is 8.34. The molecule has 2 rings (SSSR count). The zero-order valence-electron chi connectivity index (χ0n) is 11.7. The van der Waals surface area contributed by atoms with Gasteiger partial charge >= 0.3 is 10.1 Å². The summed E-state index contributed by atoms with van der Waals surface area (Å²) in [6, 6.07) is 12.7. The summed E-state index contributed by atoms with van der Waals surface area (Å²) in [7, 11) is -3.82. The fourth-order valence-electron chi connectivity index (χ4n) is 1.78. The standard InChI is InChI=1S/C15H14ClNO4S/c1-11(18)17-13-6-8-14(9-7-13)21-22(19,20)10-12-4-2-3-5-15(12)16/h2-9H,10H2,1H3,(H,17,18). The normalized spacial score (nSPS) is 11.0. The summed E-state index contributed by atoms with van der Waals surface area (Å²) in [5.74, 6) is -0.360. The van der Waals surface area contributed by atoms with Gasteiger partial charge in [-0.3, -0.25) is 4.79 Å². The number of carbonyl (C=O) groups excluding carboxylic acids is 1. The Hall–Kier alpha value is -2.05. The number of hydrogen-bond donors (Lipinski definition) is 1. The Morgan fingerprint density at radius 3 is 2.36 bits per heavy atom. The van der Waals surface area contributed by atoms with Gasteiger partial charge in [0.25, 0.3) is 0 Å². The van der Waals surface area contributed by atoms with Crippen LogP contribution in [0.5, 0.6) is 5.75 Å². The van der Waals surface area contributed by atoms with E-state index in [0.717, 1.165) is 0 Å². The summed E-state index contributed by atoms with van der Waals surface area (Å²) in [6.45, 7) is 1.39. The Bertz CT molecular complexity index is 772. The van der Waals surface area contributed by atoms with Crippen LogP contribution in [0.2, 0.25) is 5.02 Å². The Labute approximate surface area is 134 Å². The first kappa shape index (κ1) is 16.3. The molecule has 2 aromatic rings. The van der Waals surface area contributed by atoms with E-state index in [2.05, 4.69) is 5.32 Å². The average molecular weight is 340 g/mol. The van der Waals surface area contributed by atoms with E-state index in [-0.39, 0.29) is 17.4 Å². The van der Waals surface area contributed by atoms with Gasteiger partial charge in [-0.2, -0.15) is 8.42 Å². The molecule has 22 heavy (non-hydrogen) atoms. The van der Waals surface area contributed by atoms with Gasteiger partial charge in [0.05, 0.1) is 0 Å². The lowest BCUT2D eigenvalue weighted by atomic mass is 10.2. The van der Waals surface area contributed by atoms with E-state index in [1.165, 1.54) is 19.1 Å². The lowest BCUT2D eigenvalue weighted by molar-refractivity contribution is -0.114. The van der Waals surface area contributed by atoms with Crippen LogP contribution in [-0.4, -0.2) is 14.3 Å². The highest BCUT2D eigenvalue weighted by Crippen LogP contribution is 2.21.